The Morgan fingerprint density at radius 1 is 1.25 bits per heavy atom. The van der Waals surface area contributed by atoms with Gasteiger partial charge in [0, 0.05) is 13.3 Å². The molecule has 0 bridgehead atoms. The number of carbonyl (C=O) groups excluding carboxylic acids is 1. The van der Waals surface area contributed by atoms with Crippen molar-refractivity contribution in [2.75, 3.05) is 0 Å². The predicted molar refractivity (Wildman–Crippen MR) is 57.9 cm³/mol. The number of benzene rings is 1. The molecule has 1 aromatic heterocycles. The lowest BCUT2D eigenvalue weighted by Gasteiger charge is -1.99. The van der Waals surface area contributed by atoms with E-state index in [1.54, 1.807) is 30.3 Å². The van der Waals surface area contributed by atoms with Crippen LogP contribution in [0.15, 0.2) is 40.8 Å². The van der Waals surface area contributed by atoms with Gasteiger partial charge in [-0.3, -0.25) is 4.79 Å². The molecule has 2 nitrogen and oxygen atoms in total. The maximum atomic E-state index is 13.3. The van der Waals surface area contributed by atoms with E-state index in [1.807, 2.05) is 0 Å². The molecule has 0 fully saturated rings. The van der Waals surface area contributed by atoms with E-state index in [9.17, 15) is 9.18 Å². The summed E-state index contributed by atoms with van der Waals surface area (Å²) >= 11 is 0. The van der Waals surface area contributed by atoms with E-state index < -0.39 is 0 Å². The van der Waals surface area contributed by atoms with Crippen LogP contribution in [0.3, 0.4) is 0 Å². The van der Waals surface area contributed by atoms with Gasteiger partial charge in [0.1, 0.15) is 11.6 Å². The maximum absolute atomic E-state index is 13.3. The standard InChI is InChI=1S/C13H11FO2/c1-9(15)13-7-6-11(16-13)8-10-4-2-3-5-12(10)14/h2-7H,8H2,1H3. The van der Waals surface area contributed by atoms with Crippen molar-refractivity contribution in [1.82, 2.24) is 0 Å². The first-order valence-corrected chi connectivity index (χ1v) is 5.00. The molecule has 0 saturated heterocycles. The summed E-state index contributed by atoms with van der Waals surface area (Å²) in [6.45, 7) is 1.44. The highest BCUT2D eigenvalue weighted by Gasteiger charge is 2.08. The van der Waals surface area contributed by atoms with Crippen LogP contribution in [0.5, 0.6) is 0 Å². The fraction of sp³-hybridized carbons (Fsp3) is 0.154. The van der Waals surface area contributed by atoms with Crippen molar-refractivity contribution in [3.8, 4) is 0 Å². The minimum atomic E-state index is -0.261. The third-order valence-corrected chi connectivity index (χ3v) is 2.33. The number of carbonyl (C=O) groups is 1. The van der Waals surface area contributed by atoms with Crippen molar-refractivity contribution in [3.63, 3.8) is 0 Å². The first kappa shape index (κ1) is 10.6. The summed E-state index contributed by atoms with van der Waals surface area (Å²) in [5.41, 5.74) is 0.562. The van der Waals surface area contributed by atoms with Gasteiger partial charge in [-0.15, -0.1) is 0 Å². The number of hydrogen-bond acceptors (Lipinski definition) is 2. The second-order valence-corrected chi connectivity index (χ2v) is 3.59. The van der Waals surface area contributed by atoms with Crippen LogP contribution in [0.4, 0.5) is 4.39 Å². The topological polar surface area (TPSA) is 30.2 Å². The molecule has 0 unspecified atom stereocenters. The molecule has 16 heavy (non-hydrogen) atoms. The van der Waals surface area contributed by atoms with Crippen LogP contribution >= 0.6 is 0 Å². The molecule has 0 radical (unpaired) electrons. The summed E-state index contributed by atoms with van der Waals surface area (Å²) in [6, 6.07) is 9.83. The monoisotopic (exact) mass is 218 g/mol. The van der Waals surface area contributed by atoms with Crippen LogP contribution in [0, 0.1) is 5.82 Å². The minimum absolute atomic E-state index is 0.125. The number of Topliss-reactive ketones (excluding diaryl/α,β-unsaturated/α-hetero) is 1. The smallest absolute Gasteiger partial charge is 0.194 e. The minimum Gasteiger partial charge on any atom is -0.458 e. The zero-order valence-corrected chi connectivity index (χ0v) is 8.87. The first-order valence-electron chi connectivity index (χ1n) is 5.00. The molecule has 2 rings (SSSR count). The SMILES string of the molecule is CC(=O)c1ccc(Cc2ccccc2F)o1. The van der Waals surface area contributed by atoms with Gasteiger partial charge in [-0.2, -0.15) is 0 Å². The molecule has 0 atom stereocenters. The Labute approximate surface area is 92.7 Å². The molecule has 82 valence electrons. The van der Waals surface area contributed by atoms with E-state index in [2.05, 4.69) is 0 Å². The van der Waals surface area contributed by atoms with E-state index >= 15 is 0 Å². The number of hydrogen-bond donors (Lipinski definition) is 0. The number of rotatable bonds is 3. The second-order valence-electron chi connectivity index (χ2n) is 3.59. The Hall–Kier alpha value is -1.90. The summed E-state index contributed by atoms with van der Waals surface area (Å²) in [4.78, 5) is 11.0. The fourth-order valence-electron chi connectivity index (χ4n) is 1.49. The lowest BCUT2D eigenvalue weighted by molar-refractivity contribution is 0.0985. The molecule has 2 aromatic rings. The Bertz CT molecular complexity index is 514. The van der Waals surface area contributed by atoms with Crippen LogP contribution in [0.1, 0.15) is 28.8 Å². The number of halogens is 1. The molecule has 0 amide bonds. The van der Waals surface area contributed by atoms with Gasteiger partial charge >= 0.3 is 0 Å². The molecule has 0 N–H and O–H groups in total. The average molecular weight is 218 g/mol. The van der Waals surface area contributed by atoms with Crippen LogP contribution < -0.4 is 0 Å². The summed E-state index contributed by atoms with van der Waals surface area (Å²) in [6.07, 6.45) is 0.361. The zero-order chi connectivity index (χ0) is 11.5. The van der Waals surface area contributed by atoms with Gasteiger partial charge in [0.2, 0.25) is 0 Å². The second kappa shape index (κ2) is 4.31. The maximum Gasteiger partial charge on any atom is 0.194 e. The van der Waals surface area contributed by atoms with Gasteiger partial charge in [-0.25, -0.2) is 4.39 Å². The van der Waals surface area contributed by atoms with Crippen LogP contribution in [0.2, 0.25) is 0 Å². The van der Waals surface area contributed by atoms with Gasteiger partial charge in [0.25, 0.3) is 0 Å². The third kappa shape index (κ3) is 2.19. The Morgan fingerprint density at radius 2 is 2.00 bits per heavy atom. The van der Waals surface area contributed by atoms with E-state index in [1.165, 1.54) is 13.0 Å². The molecule has 3 heteroatoms. The molecular weight excluding hydrogens is 207 g/mol. The summed E-state index contributed by atoms with van der Waals surface area (Å²) in [5.74, 6) is 0.518. The predicted octanol–water partition coefficient (Wildman–Crippen LogP) is 3.21. The van der Waals surface area contributed by atoms with E-state index in [4.69, 9.17) is 4.42 Å². The first-order chi connectivity index (χ1) is 7.66. The summed E-state index contributed by atoms with van der Waals surface area (Å²) in [5, 5.41) is 0. The largest absolute Gasteiger partial charge is 0.458 e. The summed E-state index contributed by atoms with van der Waals surface area (Å²) < 4.78 is 18.6. The third-order valence-electron chi connectivity index (χ3n) is 2.33. The highest BCUT2D eigenvalue weighted by molar-refractivity contribution is 5.91. The highest BCUT2D eigenvalue weighted by Crippen LogP contribution is 2.15. The van der Waals surface area contributed by atoms with Gasteiger partial charge in [0.15, 0.2) is 11.5 Å². The van der Waals surface area contributed by atoms with Crippen molar-refractivity contribution in [2.45, 2.75) is 13.3 Å². The number of ketones is 1. The van der Waals surface area contributed by atoms with Gasteiger partial charge < -0.3 is 4.42 Å². The van der Waals surface area contributed by atoms with Crippen LogP contribution in [0.25, 0.3) is 0 Å². The van der Waals surface area contributed by atoms with Crippen molar-refractivity contribution in [2.24, 2.45) is 0 Å². The van der Waals surface area contributed by atoms with E-state index in [-0.39, 0.29) is 11.6 Å². The Kier molecular flexibility index (Phi) is 2.86. The molecule has 0 aliphatic rings. The van der Waals surface area contributed by atoms with Crippen LogP contribution in [-0.2, 0) is 6.42 Å². The summed E-state index contributed by atoms with van der Waals surface area (Å²) in [7, 11) is 0. The van der Waals surface area contributed by atoms with E-state index in [0.29, 0.717) is 23.5 Å². The Morgan fingerprint density at radius 3 is 2.62 bits per heavy atom. The van der Waals surface area contributed by atoms with Crippen molar-refractivity contribution < 1.29 is 13.6 Å². The molecule has 0 saturated carbocycles. The lowest BCUT2D eigenvalue weighted by Crippen LogP contribution is -1.91. The Balaban J connectivity index is 2.21. The molecule has 1 aromatic carbocycles. The number of furan rings is 1. The van der Waals surface area contributed by atoms with Gasteiger partial charge in [0.05, 0.1) is 0 Å². The molecule has 1 heterocycles. The van der Waals surface area contributed by atoms with Crippen molar-refractivity contribution in [1.29, 1.82) is 0 Å². The van der Waals surface area contributed by atoms with Crippen molar-refractivity contribution >= 4 is 5.78 Å². The normalized spacial score (nSPS) is 10.4. The zero-order valence-electron chi connectivity index (χ0n) is 8.87. The van der Waals surface area contributed by atoms with Gasteiger partial charge in [-0.1, -0.05) is 18.2 Å². The quantitative estimate of drug-likeness (QED) is 0.740. The molecule has 0 spiro atoms. The molecular formula is C13H11FO2. The highest BCUT2D eigenvalue weighted by atomic mass is 19.1. The average Bonchev–Trinajstić information content (AvgIpc) is 2.70. The van der Waals surface area contributed by atoms with Gasteiger partial charge in [-0.05, 0) is 23.8 Å². The fourth-order valence-corrected chi connectivity index (χ4v) is 1.49. The molecule has 0 aliphatic carbocycles. The lowest BCUT2D eigenvalue weighted by atomic mass is 10.1. The van der Waals surface area contributed by atoms with Crippen LogP contribution in [-0.4, -0.2) is 5.78 Å². The molecule has 0 aliphatic heterocycles. The van der Waals surface area contributed by atoms with E-state index in [0.717, 1.165) is 0 Å². The van der Waals surface area contributed by atoms with Crippen molar-refractivity contribution in [3.05, 3.63) is 59.3 Å².